The highest BCUT2D eigenvalue weighted by Gasteiger charge is 2.26. The van der Waals surface area contributed by atoms with Crippen LogP contribution in [0.1, 0.15) is 47.6 Å². The minimum Gasteiger partial charge on any atom is -0.381 e. The van der Waals surface area contributed by atoms with Gasteiger partial charge in [0.25, 0.3) is 11.5 Å². The predicted octanol–water partition coefficient (Wildman–Crippen LogP) is 2.76. The summed E-state index contributed by atoms with van der Waals surface area (Å²) in [5.41, 5.74) is 7.51. The highest BCUT2D eigenvalue weighted by Crippen LogP contribution is 2.24. The molecule has 1 aliphatic heterocycles. The molecule has 2 aromatic carbocycles. The molecule has 2 aromatic heterocycles. The molecule has 5 rings (SSSR count). The Morgan fingerprint density at radius 2 is 1.98 bits per heavy atom. The van der Waals surface area contributed by atoms with Crippen molar-refractivity contribution in [2.75, 3.05) is 30.7 Å². The van der Waals surface area contributed by atoms with E-state index in [4.69, 9.17) is 10.7 Å². The molecule has 11 nitrogen and oxygen atoms in total. The van der Waals surface area contributed by atoms with E-state index in [0.717, 1.165) is 6.42 Å². The topological polar surface area (TPSA) is 140 Å². The molecule has 1 unspecified atom stereocenters. The number of fused-ring (bicyclic) bond motifs is 1. The largest absolute Gasteiger partial charge is 0.381 e. The van der Waals surface area contributed by atoms with Crippen LogP contribution in [0.5, 0.6) is 0 Å². The maximum atomic E-state index is 14.2. The molecule has 0 radical (unpaired) electrons. The minimum absolute atomic E-state index is 0.0690. The van der Waals surface area contributed by atoms with Crippen LogP contribution in [0.3, 0.4) is 0 Å². The van der Waals surface area contributed by atoms with Gasteiger partial charge >= 0.3 is 0 Å². The van der Waals surface area contributed by atoms with E-state index in [1.165, 1.54) is 9.25 Å². The molecule has 0 aliphatic carbocycles. The average molecular weight is 565 g/mol. The summed E-state index contributed by atoms with van der Waals surface area (Å²) in [6.07, 6.45) is 3.03. The van der Waals surface area contributed by atoms with Crippen molar-refractivity contribution in [1.29, 1.82) is 0 Å². The zero-order valence-corrected chi connectivity index (χ0v) is 23.6. The van der Waals surface area contributed by atoms with Crippen LogP contribution in [-0.4, -0.2) is 55.7 Å². The van der Waals surface area contributed by atoms with Crippen molar-refractivity contribution in [1.82, 2.24) is 29.5 Å². The van der Waals surface area contributed by atoms with Gasteiger partial charge in [0, 0.05) is 32.1 Å². The summed E-state index contributed by atoms with van der Waals surface area (Å²) >= 11 is 0. The van der Waals surface area contributed by atoms with E-state index >= 15 is 0 Å². The molecule has 2 amide bonds. The summed E-state index contributed by atoms with van der Waals surface area (Å²) in [4.78, 5) is 46.2. The molecule has 0 bridgehead atoms. The molecular weight excluding hydrogens is 532 g/mol. The monoisotopic (exact) mass is 564 g/mol. The van der Waals surface area contributed by atoms with E-state index in [2.05, 4.69) is 34.2 Å². The lowest BCUT2D eigenvalue weighted by atomic mass is 10.1. The van der Waals surface area contributed by atoms with E-state index < -0.39 is 11.9 Å². The fourth-order valence-corrected chi connectivity index (χ4v) is 5.04. The number of nitrogens with two attached hydrogens (primary N) is 1. The first-order valence-electron chi connectivity index (χ1n) is 13.7. The van der Waals surface area contributed by atoms with Crippen molar-refractivity contribution in [3.8, 4) is 17.5 Å². The molecule has 4 N–H and O–H groups in total. The Balaban J connectivity index is 1.56. The number of para-hydroxylation sites is 1. The summed E-state index contributed by atoms with van der Waals surface area (Å²) in [6, 6.07) is 13.7. The quantitative estimate of drug-likeness (QED) is 0.221. The van der Waals surface area contributed by atoms with Crippen molar-refractivity contribution in [2.24, 2.45) is 7.05 Å². The Labute approximate surface area is 243 Å². The Hall–Kier alpha value is -5.37. The average Bonchev–Trinajstić information content (AvgIpc) is 3.52. The summed E-state index contributed by atoms with van der Waals surface area (Å²) < 4.78 is 2.99. The van der Waals surface area contributed by atoms with Crippen LogP contribution in [0.4, 0.5) is 11.6 Å². The smallest absolute Gasteiger partial charge is 0.267 e. The molecule has 214 valence electrons. The number of nitrogens with zero attached hydrogens (tertiary/aromatic N) is 5. The molecule has 1 saturated heterocycles. The highest BCUT2D eigenvalue weighted by atomic mass is 16.2. The van der Waals surface area contributed by atoms with Gasteiger partial charge in [-0.05, 0) is 37.6 Å². The normalized spacial score (nSPS) is 13.5. The van der Waals surface area contributed by atoms with Gasteiger partial charge in [-0.2, -0.15) is 5.10 Å². The van der Waals surface area contributed by atoms with Gasteiger partial charge in [0.2, 0.25) is 5.91 Å². The fourth-order valence-electron chi connectivity index (χ4n) is 5.04. The van der Waals surface area contributed by atoms with Gasteiger partial charge in [-0.25, -0.2) is 4.98 Å². The Morgan fingerprint density at radius 1 is 1.19 bits per heavy atom. The van der Waals surface area contributed by atoms with E-state index in [1.54, 1.807) is 55.3 Å². The van der Waals surface area contributed by atoms with E-state index in [1.807, 2.05) is 18.2 Å². The second kappa shape index (κ2) is 12.0. The van der Waals surface area contributed by atoms with Gasteiger partial charge in [-0.1, -0.05) is 42.2 Å². The molecule has 1 aliphatic rings. The molecule has 1 atom stereocenters. The van der Waals surface area contributed by atoms with E-state index in [0.29, 0.717) is 59.9 Å². The number of likely N-dealkylation sites (tertiary alicyclic amines) is 1. The number of carbonyl (C=O) groups is 2. The van der Waals surface area contributed by atoms with Crippen molar-refractivity contribution in [3.63, 3.8) is 0 Å². The van der Waals surface area contributed by atoms with E-state index in [9.17, 15) is 14.4 Å². The number of amides is 2. The number of hydrogen-bond acceptors (Lipinski definition) is 7. The highest BCUT2D eigenvalue weighted by molar-refractivity contribution is 6.03. The van der Waals surface area contributed by atoms with Crippen LogP contribution in [0.25, 0.3) is 16.6 Å². The lowest BCUT2D eigenvalue weighted by Crippen LogP contribution is -2.34. The van der Waals surface area contributed by atoms with Gasteiger partial charge < -0.3 is 21.3 Å². The molecule has 1 fully saturated rings. The van der Waals surface area contributed by atoms with Crippen LogP contribution in [0.15, 0.2) is 66.0 Å². The minimum atomic E-state index is -0.697. The van der Waals surface area contributed by atoms with Crippen molar-refractivity contribution in [3.05, 3.63) is 88.5 Å². The zero-order valence-electron chi connectivity index (χ0n) is 23.6. The number of nitrogens with one attached hydrogen (secondary N) is 2. The van der Waals surface area contributed by atoms with Crippen molar-refractivity contribution >= 4 is 34.4 Å². The Morgan fingerprint density at radius 3 is 2.69 bits per heavy atom. The number of nitrogen functional groups attached to an aromatic ring is 1. The molecule has 3 heterocycles. The number of benzene rings is 2. The number of aryl methyl sites for hydroxylation is 1. The standard InChI is InChI=1S/C31H32N8O3/c1-4-17-33-29-26(27(32)36-37(29)3)30(41)34-20(2)28-35-23-15-8-11-21(12-9-18-38-19-10-16-24(38)40)25(23)31(42)39(28)22-13-6-5-7-14-22/h4-8,11,13-15,20,33H,1,10,16-19H2,2-3H3,(H2,32,36)(H,34,41). The van der Waals surface area contributed by atoms with Crippen molar-refractivity contribution < 1.29 is 9.59 Å². The summed E-state index contributed by atoms with van der Waals surface area (Å²) in [7, 11) is 1.68. The lowest BCUT2D eigenvalue weighted by molar-refractivity contribution is -0.127. The van der Waals surface area contributed by atoms with E-state index in [-0.39, 0.29) is 22.8 Å². The lowest BCUT2D eigenvalue weighted by Gasteiger charge is -2.20. The van der Waals surface area contributed by atoms with Crippen molar-refractivity contribution in [2.45, 2.75) is 25.8 Å². The molecule has 4 aromatic rings. The van der Waals surface area contributed by atoms with Crippen LogP contribution < -0.4 is 21.9 Å². The van der Waals surface area contributed by atoms with Gasteiger partial charge in [0.1, 0.15) is 17.2 Å². The first kappa shape index (κ1) is 28.2. The number of rotatable bonds is 8. The predicted molar refractivity (Wildman–Crippen MR) is 162 cm³/mol. The molecule has 0 saturated carbocycles. The number of carbonyl (C=O) groups excluding carboxylic acids is 2. The third-order valence-electron chi connectivity index (χ3n) is 7.05. The second-order valence-electron chi connectivity index (χ2n) is 9.96. The number of anilines is 2. The summed E-state index contributed by atoms with van der Waals surface area (Å²) in [6.45, 7) is 6.86. The molecule has 11 heteroatoms. The third kappa shape index (κ3) is 5.47. The molecule has 0 spiro atoms. The first-order valence-corrected chi connectivity index (χ1v) is 13.7. The Bertz CT molecular complexity index is 1800. The zero-order chi connectivity index (χ0) is 29.8. The maximum absolute atomic E-state index is 14.2. The maximum Gasteiger partial charge on any atom is 0.267 e. The van der Waals surface area contributed by atoms with Crippen LogP contribution in [0.2, 0.25) is 0 Å². The second-order valence-corrected chi connectivity index (χ2v) is 9.96. The SMILES string of the molecule is C=CCNc1c(C(=O)NC(C)c2nc3cccc(C#CCN4CCCC4=O)c3c(=O)n2-c2ccccc2)c(N)nn1C. The van der Waals surface area contributed by atoms with Crippen LogP contribution in [-0.2, 0) is 11.8 Å². The van der Waals surface area contributed by atoms with Crippen LogP contribution >= 0.6 is 0 Å². The Kier molecular flexibility index (Phi) is 8.06. The van der Waals surface area contributed by atoms with Gasteiger partial charge in [-0.3, -0.25) is 23.6 Å². The summed E-state index contributed by atoms with van der Waals surface area (Å²) in [5.74, 6) is 6.61. The molecule has 42 heavy (non-hydrogen) atoms. The number of aromatic nitrogens is 4. The molecular formula is C31H32N8O3. The summed E-state index contributed by atoms with van der Waals surface area (Å²) in [5, 5.41) is 10.6. The van der Waals surface area contributed by atoms with Crippen LogP contribution in [0, 0.1) is 11.8 Å². The van der Waals surface area contributed by atoms with Gasteiger partial charge in [-0.15, -0.1) is 6.58 Å². The number of hydrogen-bond donors (Lipinski definition) is 3. The third-order valence-corrected chi connectivity index (χ3v) is 7.05. The fraction of sp³-hybridized carbons (Fsp3) is 0.258. The first-order chi connectivity index (χ1) is 20.3. The van der Waals surface area contributed by atoms with Gasteiger partial charge in [0.15, 0.2) is 5.82 Å². The van der Waals surface area contributed by atoms with Gasteiger partial charge in [0.05, 0.1) is 29.2 Å².